The number of fused-ring (bicyclic) bond motifs is 4. The van der Waals surface area contributed by atoms with Crippen LogP contribution >= 0.6 is 0 Å². The van der Waals surface area contributed by atoms with Gasteiger partial charge in [-0.3, -0.25) is 0 Å². The Labute approximate surface area is 207 Å². The van der Waals surface area contributed by atoms with Gasteiger partial charge in [0, 0.05) is 28.3 Å². The van der Waals surface area contributed by atoms with Crippen molar-refractivity contribution in [2.24, 2.45) is 0 Å². The average Bonchev–Trinajstić information content (AvgIpc) is 3.27. The summed E-state index contributed by atoms with van der Waals surface area (Å²) in [4.78, 5) is 0. The summed E-state index contributed by atoms with van der Waals surface area (Å²) >= 11 is 0. The van der Waals surface area contributed by atoms with Crippen LogP contribution in [-0.4, -0.2) is 4.57 Å². The Kier molecular flexibility index (Phi) is 4.94. The molecule has 0 amide bonds. The summed E-state index contributed by atoms with van der Waals surface area (Å²) < 4.78 is 2.48. The Hall–Kier alpha value is -3.84. The van der Waals surface area contributed by atoms with E-state index in [0.717, 1.165) is 25.7 Å². The molecule has 1 nitrogen and oxygen atoms in total. The molecule has 1 aromatic heterocycles. The van der Waals surface area contributed by atoms with Gasteiger partial charge in [0.2, 0.25) is 0 Å². The van der Waals surface area contributed by atoms with Crippen molar-refractivity contribution in [2.45, 2.75) is 37.5 Å². The number of hydrogen-bond donors (Lipinski definition) is 0. The summed E-state index contributed by atoms with van der Waals surface area (Å²) in [5.74, 6) is 0.864. The third-order valence-electron chi connectivity index (χ3n) is 7.94. The van der Waals surface area contributed by atoms with Crippen LogP contribution in [0.4, 0.5) is 0 Å². The highest BCUT2D eigenvalue weighted by molar-refractivity contribution is 6.10. The molecular formula is C34H29N. The second kappa shape index (κ2) is 8.43. The van der Waals surface area contributed by atoms with Gasteiger partial charge in [0.15, 0.2) is 0 Å². The monoisotopic (exact) mass is 451 g/mol. The number of aromatic nitrogens is 1. The molecule has 7 rings (SSSR count). The predicted molar refractivity (Wildman–Crippen MR) is 150 cm³/mol. The maximum Gasteiger partial charge on any atom is 0.0538 e. The Morgan fingerprint density at radius 3 is 2.54 bits per heavy atom. The molecule has 4 aromatic rings. The molecule has 1 heteroatoms. The van der Waals surface area contributed by atoms with Crippen molar-refractivity contribution >= 4 is 33.6 Å². The zero-order valence-electron chi connectivity index (χ0n) is 19.9. The van der Waals surface area contributed by atoms with Crippen LogP contribution in [0.5, 0.6) is 0 Å². The molecule has 0 spiro atoms. The van der Waals surface area contributed by atoms with Crippen LogP contribution in [0.1, 0.15) is 54.2 Å². The van der Waals surface area contributed by atoms with Gasteiger partial charge in [0.05, 0.1) is 11.0 Å². The van der Waals surface area contributed by atoms with E-state index >= 15 is 0 Å². The molecule has 35 heavy (non-hydrogen) atoms. The third kappa shape index (κ3) is 3.46. The van der Waals surface area contributed by atoms with Crippen molar-refractivity contribution in [1.82, 2.24) is 4.57 Å². The lowest BCUT2D eigenvalue weighted by Gasteiger charge is -2.26. The van der Waals surface area contributed by atoms with Crippen LogP contribution in [0.15, 0.2) is 115 Å². The van der Waals surface area contributed by atoms with Crippen molar-refractivity contribution in [3.63, 3.8) is 0 Å². The van der Waals surface area contributed by atoms with Crippen molar-refractivity contribution in [3.05, 3.63) is 132 Å². The molecule has 170 valence electrons. The van der Waals surface area contributed by atoms with Crippen LogP contribution in [0, 0.1) is 0 Å². The summed E-state index contributed by atoms with van der Waals surface area (Å²) in [5, 5.41) is 2.71. The van der Waals surface area contributed by atoms with E-state index in [1.165, 1.54) is 49.8 Å². The van der Waals surface area contributed by atoms with E-state index in [2.05, 4.69) is 120 Å². The van der Waals surface area contributed by atoms with Gasteiger partial charge >= 0.3 is 0 Å². The molecule has 0 saturated carbocycles. The molecule has 0 aliphatic heterocycles. The van der Waals surface area contributed by atoms with Crippen LogP contribution in [0.3, 0.4) is 0 Å². The molecule has 0 bridgehead atoms. The zero-order valence-corrected chi connectivity index (χ0v) is 19.9. The van der Waals surface area contributed by atoms with Gasteiger partial charge in [-0.2, -0.15) is 0 Å². The van der Waals surface area contributed by atoms with Crippen molar-refractivity contribution in [3.8, 4) is 0 Å². The average molecular weight is 452 g/mol. The SMILES string of the molecule is C1=CCCC(n2c3ccccc3c3cc(C4C=C(C5CC=Cc6ccccc65)C=CC4)ccc32)=C1. The van der Waals surface area contributed by atoms with E-state index in [1.54, 1.807) is 0 Å². The van der Waals surface area contributed by atoms with Crippen LogP contribution in [-0.2, 0) is 0 Å². The topological polar surface area (TPSA) is 4.93 Å². The van der Waals surface area contributed by atoms with E-state index in [-0.39, 0.29) is 0 Å². The predicted octanol–water partition coefficient (Wildman–Crippen LogP) is 9.16. The van der Waals surface area contributed by atoms with Gasteiger partial charge in [-0.05, 0) is 72.2 Å². The van der Waals surface area contributed by atoms with E-state index in [9.17, 15) is 0 Å². The highest BCUT2D eigenvalue weighted by Gasteiger charge is 2.23. The molecule has 0 fully saturated rings. The number of benzene rings is 3. The van der Waals surface area contributed by atoms with Crippen LogP contribution in [0.2, 0.25) is 0 Å². The first-order valence-corrected chi connectivity index (χ1v) is 12.9. The molecular weight excluding hydrogens is 422 g/mol. The minimum absolute atomic E-state index is 0.413. The van der Waals surface area contributed by atoms with E-state index < -0.39 is 0 Å². The number of rotatable bonds is 3. The van der Waals surface area contributed by atoms with Crippen LogP contribution in [0.25, 0.3) is 33.6 Å². The Balaban J connectivity index is 1.32. The second-order valence-electron chi connectivity index (χ2n) is 9.98. The molecule has 0 N–H and O–H groups in total. The van der Waals surface area contributed by atoms with Gasteiger partial charge in [-0.25, -0.2) is 0 Å². The minimum Gasteiger partial charge on any atom is -0.313 e. The fourth-order valence-corrected chi connectivity index (χ4v) is 6.23. The molecule has 1 heterocycles. The summed E-state index contributed by atoms with van der Waals surface area (Å²) in [6, 6.07) is 24.9. The number of para-hydroxylation sites is 1. The summed E-state index contributed by atoms with van der Waals surface area (Å²) in [6.07, 6.45) is 23.0. The minimum atomic E-state index is 0.413. The second-order valence-corrected chi connectivity index (χ2v) is 9.98. The van der Waals surface area contributed by atoms with Gasteiger partial charge in [-0.1, -0.05) is 91.1 Å². The smallest absolute Gasteiger partial charge is 0.0538 e. The Morgan fingerprint density at radius 1 is 0.743 bits per heavy atom. The lowest BCUT2D eigenvalue weighted by atomic mass is 9.78. The lowest BCUT2D eigenvalue weighted by molar-refractivity contribution is 0.769. The Bertz CT molecular complexity index is 1600. The van der Waals surface area contributed by atoms with Gasteiger partial charge in [0.25, 0.3) is 0 Å². The first kappa shape index (κ1) is 20.5. The standard InChI is InChI=1S/C34H29N/c1-2-14-28(15-3-1)35-33-19-7-6-17-31(33)32-23-26(20-21-34(32)35)25-12-8-13-27(22-25)30-18-9-11-24-10-4-5-16-29(24)30/h1-2,4-11,13-14,16-17,19-23,25,30H,3,12,15,18H2. The quantitative estimate of drug-likeness (QED) is 0.293. The number of hydrogen-bond acceptors (Lipinski definition) is 0. The largest absolute Gasteiger partial charge is 0.313 e. The molecule has 0 radical (unpaired) electrons. The maximum atomic E-state index is 2.54. The highest BCUT2D eigenvalue weighted by Crippen LogP contribution is 2.41. The zero-order chi connectivity index (χ0) is 23.2. The first-order chi connectivity index (χ1) is 17.4. The molecule has 3 aliphatic carbocycles. The van der Waals surface area contributed by atoms with Gasteiger partial charge in [0.1, 0.15) is 0 Å². The first-order valence-electron chi connectivity index (χ1n) is 12.9. The van der Waals surface area contributed by atoms with Gasteiger partial charge < -0.3 is 4.57 Å². The van der Waals surface area contributed by atoms with Crippen molar-refractivity contribution in [2.75, 3.05) is 0 Å². The highest BCUT2D eigenvalue weighted by atomic mass is 15.0. The molecule has 2 unspecified atom stereocenters. The van der Waals surface area contributed by atoms with E-state index in [1.807, 2.05) is 0 Å². The summed E-state index contributed by atoms with van der Waals surface area (Å²) in [6.45, 7) is 0. The maximum absolute atomic E-state index is 2.54. The third-order valence-corrected chi connectivity index (χ3v) is 7.94. The van der Waals surface area contributed by atoms with E-state index in [0.29, 0.717) is 11.8 Å². The van der Waals surface area contributed by atoms with E-state index in [4.69, 9.17) is 0 Å². The lowest BCUT2D eigenvalue weighted by Crippen LogP contribution is -2.09. The number of nitrogens with zero attached hydrogens (tertiary/aromatic N) is 1. The fourth-order valence-electron chi connectivity index (χ4n) is 6.23. The van der Waals surface area contributed by atoms with Crippen molar-refractivity contribution in [1.29, 1.82) is 0 Å². The van der Waals surface area contributed by atoms with Crippen molar-refractivity contribution < 1.29 is 0 Å². The molecule has 2 atom stereocenters. The summed E-state index contributed by atoms with van der Waals surface area (Å²) in [5.41, 5.74) is 9.71. The van der Waals surface area contributed by atoms with Crippen LogP contribution < -0.4 is 0 Å². The normalized spacial score (nSPS) is 21.3. The molecule has 3 aliphatic rings. The molecule has 3 aromatic carbocycles. The Morgan fingerprint density at radius 2 is 1.60 bits per heavy atom. The summed E-state index contributed by atoms with van der Waals surface area (Å²) in [7, 11) is 0. The fraction of sp³-hybridized carbons (Fsp3) is 0.176. The molecule has 0 saturated heterocycles. The van der Waals surface area contributed by atoms with Gasteiger partial charge in [-0.15, -0.1) is 0 Å². The number of allylic oxidation sites excluding steroid dienone is 9.